The predicted octanol–water partition coefficient (Wildman–Crippen LogP) is 3.23. The molecule has 1 saturated heterocycles. The SMILES string of the molecule is Cc1cccc(C)c1CN(CC(C)C)C1CCNCC1.O=C(O)C=CC(=O)O. The maximum Gasteiger partial charge on any atom is 0.328 e. The zero-order valence-electron chi connectivity index (χ0n) is 17.4. The fourth-order valence-corrected chi connectivity index (χ4v) is 3.43. The molecule has 0 radical (unpaired) electrons. The zero-order valence-corrected chi connectivity index (χ0v) is 17.4. The first-order chi connectivity index (χ1) is 13.2. The van der Waals surface area contributed by atoms with Gasteiger partial charge < -0.3 is 15.5 Å². The van der Waals surface area contributed by atoms with E-state index in [9.17, 15) is 9.59 Å². The number of hydrogen-bond acceptors (Lipinski definition) is 4. The van der Waals surface area contributed by atoms with Gasteiger partial charge in [0, 0.05) is 31.3 Å². The van der Waals surface area contributed by atoms with Gasteiger partial charge in [0.15, 0.2) is 0 Å². The van der Waals surface area contributed by atoms with Gasteiger partial charge in [0.25, 0.3) is 0 Å². The Morgan fingerprint density at radius 2 is 1.61 bits per heavy atom. The summed E-state index contributed by atoms with van der Waals surface area (Å²) in [6.45, 7) is 13.8. The first-order valence-electron chi connectivity index (χ1n) is 9.84. The number of nitrogens with zero attached hydrogens (tertiary/aromatic N) is 1. The lowest BCUT2D eigenvalue weighted by molar-refractivity contribution is -0.134. The van der Waals surface area contributed by atoms with Gasteiger partial charge in [0.05, 0.1) is 0 Å². The smallest absolute Gasteiger partial charge is 0.328 e. The molecule has 0 unspecified atom stereocenters. The molecule has 3 N–H and O–H groups in total. The molecule has 2 rings (SSSR count). The summed E-state index contributed by atoms with van der Waals surface area (Å²) in [6.07, 6.45) is 3.69. The van der Waals surface area contributed by atoms with E-state index in [4.69, 9.17) is 10.2 Å². The third kappa shape index (κ3) is 9.15. The van der Waals surface area contributed by atoms with Crippen molar-refractivity contribution in [2.24, 2.45) is 5.92 Å². The molecule has 1 aromatic rings. The Balaban J connectivity index is 0.000000416. The van der Waals surface area contributed by atoms with Gasteiger partial charge in [-0.1, -0.05) is 32.0 Å². The highest BCUT2D eigenvalue weighted by atomic mass is 16.4. The first kappa shape index (κ1) is 23.9. The van der Waals surface area contributed by atoms with E-state index >= 15 is 0 Å². The number of carboxylic acids is 2. The monoisotopic (exact) mass is 390 g/mol. The van der Waals surface area contributed by atoms with E-state index in [1.165, 1.54) is 49.2 Å². The molecular weight excluding hydrogens is 356 g/mol. The molecule has 0 saturated carbocycles. The van der Waals surface area contributed by atoms with Crippen LogP contribution >= 0.6 is 0 Å². The normalized spacial score (nSPS) is 14.9. The van der Waals surface area contributed by atoms with Crippen molar-refractivity contribution < 1.29 is 19.8 Å². The Morgan fingerprint density at radius 1 is 1.11 bits per heavy atom. The number of carbonyl (C=O) groups is 2. The molecule has 156 valence electrons. The number of nitrogens with one attached hydrogen (secondary N) is 1. The first-order valence-corrected chi connectivity index (χ1v) is 9.84. The fourth-order valence-electron chi connectivity index (χ4n) is 3.43. The van der Waals surface area contributed by atoms with Gasteiger partial charge in [-0.15, -0.1) is 0 Å². The van der Waals surface area contributed by atoms with Crippen molar-refractivity contribution >= 4 is 11.9 Å². The van der Waals surface area contributed by atoms with Crippen LogP contribution in [0.3, 0.4) is 0 Å². The van der Waals surface area contributed by atoms with Crippen LogP contribution in [0.5, 0.6) is 0 Å². The van der Waals surface area contributed by atoms with Crippen molar-refractivity contribution in [2.45, 2.75) is 53.1 Å². The summed E-state index contributed by atoms with van der Waals surface area (Å²) in [4.78, 5) is 21.8. The Bertz CT molecular complexity index is 628. The number of piperidine rings is 1. The number of hydrogen-bond donors (Lipinski definition) is 3. The molecule has 1 aliphatic heterocycles. The Labute approximate surface area is 168 Å². The van der Waals surface area contributed by atoms with Crippen LogP contribution in [0.15, 0.2) is 30.4 Å². The van der Waals surface area contributed by atoms with E-state index in [0.717, 1.165) is 18.5 Å². The summed E-state index contributed by atoms with van der Waals surface area (Å²) in [5, 5.41) is 19.1. The highest BCUT2D eigenvalue weighted by molar-refractivity contribution is 5.89. The lowest BCUT2D eigenvalue weighted by Crippen LogP contribution is -2.44. The largest absolute Gasteiger partial charge is 0.478 e. The van der Waals surface area contributed by atoms with E-state index in [1.54, 1.807) is 0 Å². The molecule has 1 aliphatic rings. The maximum atomic E-state index is 9.55. The van der Waals surface area contributed by atoms with Crippen LogP contribution in [0.25, 0.3) is 0 Å². The van der Waals surface area contributed by atoms with Gasteiger partial charge in [-0.3, -0.25) is 4.90 Å². The third-order valence-electron chi connectivity index (χ3n) is 4.80. The number of benzene rings is 1. The van der Waals surface area contributed by atoms with E-state index in [0.29, 0.717) is 12.2 Å². The van der Waals surface area contributed by atoms with Gasteiger partial charge in [-0.2, -0.15) is 0 Å². The molecule has 6 nitrogen and oxygen atoms in total. The molecule has 0 aliphatic carbocycles. The molecule has 0 spiro atoms. The van der Waals surface area contributed by atoms with Gasteiger partial charge in [0.1, 0.15) is 0 Å². The molecule has 28 heavy (non-hydrogen) atoms. The van der Waals surface area contributed by atoms with Crippen LogP contribution in [-0.2, 0) is 16.1 Å². The van der Waals surface area contributed by atoms with E-state index in [2.05, 4.69) is 56.1 Å². The Kier molecular flexibility index (Phi) is 10.5. The molecule has 0 bridgehead atoms. The van der Waals surface area contributed by atoms with Crippen molar-refractivity contribution in [2.75, 3.05) is 19.6 Å². The van der Waals surface area contributed by atoms with E-state index in [-0.39, 0.29) is 0 Å². The minimum atomic E-state index is -1.26. The zero-order chi connectivity index (χ0) is 21.1. The summed E-state index contributed by atoms with van der Waals surface area (Å²) >= 11 is 0. The van der Waals surface area contributed by atoms with Gasteiger partial charge in [-0.05, 0) is 62.4 Å². The molecule has 1 fully saturated rings. The summed E-state index contributed by atoms with van der Waals surface area (Å²) < 4.78 is 0. The summed E-state index contributed by atoms with van der Waals surface area (Å²) in [5.74, 6) is -1.78. The van der Waals surface area contributed by atoms with Crippen LogP contribution in [-0.4, -0.2) is 52.7 Å². The van der Waals surface area contributed by atoms with Gasteiger partial charge in [-0.25, -0.2) is 9.59 Å². The quantitative estimate of drug-likeness (QED) is 0.620. The number of aliphatic carboxylic acids is 2. The van der Waals surface area contributed by atoms with Crippen molar-refractivity contribution in [1.82, 2.24) is 10.2 Å². The van der Waals surface area contributed by atoms with Gasteiger partial charge in [0.2, 0.25) is 0 Å². The molecule has 0 aromatic heterocycles. The molecular formula is C22H34N2O4. The van der Waals surface area contributed by atoms with Crippen LogP contribution < -0.4 is 5.32 Å². The van der Waals surface area contributed by atoms with Crippen molar-refractivity contribution in [3.05, 3.63) is 47.0 Å². The van der Waals surface area contributed by atoms with Crippen molar-refractivity contribution in [3.8, 4) is 0 Å². The number of aryl methyl sites for hydroxylation is 2. The standard InChI is InChI=1S/C18H30N2.C4H4O4/c1-14(2)12-20(17-8-10-19-11-9-17)13-18-15(3)6-5-7-16(18)4;5-3(6)1-2-4(7)8/h5-7,14,17,19H,8-13H2,1-4H3;1-2H,(H,5,6)(H,7,8). The summed E-state index contributed by atoms with van der Waals surface area (Å²) in [7, 11) is 0. The van der Waals surface area contributed by atoms with E-state index in [1.807, 2.05) is 0 Å². The highest BCUT2D eigenvalue weighted by Gasteiger charge is 2.22. The highest BCUT2D eigenvalue weighted by Crippen LogP contribution is 2.21. The maximum absolute atomic E-state index is 9.55. The second-order valence-electron chi connectivity index (χ2n) is 7.68. The number of rotatable bonds is 7. The predicted molar refractivity (Wildman–Crippen MR) is 111 cm³/mol. The Morgan fingerprint density at radius 3 is 2.04 bits per heavy atom. The van der Waals surface area contributed by atoms with Crippen LogP contribution in [0.4, 0.5) is 0 Å². The fraction of sp³-hybridized carbons (Fsp3) is 0.545. The second kappa shape index (κ2) is 12.3. The van der Waals surface area contributed by atoms with Crippen LogP contribution in [0.1, 0.15) is 43.4 Å². The topological polar surface area (TPSA) is 89.9 Å². The molecule has 1 heterocycles. The minimum absolute atomic E-state index is 0.558. The summed E-state index contributed by atoms with van der Waals surface area (Å²) in [5.41, 5.74) is 4.41. The second-order valence-corrected chi connectivity index (χ2v) is 7.68. The minimum Gasteiger partial charge on any atom is -0.478 e. The lowest BCUT2D eigenvalue weighted by atomic mass is 9.98. The summed E-state index contributed by atoms with van der Waals surface area (Å²) in [6, 6.07) is 7.42. The molecule has 1 aromatic carbocycles. The van der Waals surface area contributed by atoms with Crippen molar-refractivity contribution in [1.29, 1.82) is 0 Å². The van der Waals surface area contributed by atoms with Crippen LogP contribution in [0.2, 0.25) is 0 Å². The van der Waals surface area contributed by atoms with Crippen molar-refractivity contribution in [3.63, 3.8) is 0 Å². The lowest BCUT2D eigenvalue weighted by Gasteiger charge is -2.36. The van der Waals surface area contributed by atoms with Crippen LogP contribution in [0, 0.1) is 19.8 Å². The van der Waals surface area contributed by atoms with E-state index < -0.39 is 11.9 Å². The molecule has 6 heteroatoms. The third-order valence-corrected chi connectivity index (χ3v) is 4.80. The average molecular weight is 391 g/mol. The molecule has 0 atom stereocenters. The number of carboxylic acid groups (broad SMARTS) is 2. The van der Waals surface area contributed by atoms with Gasteiger partial charge >= 0.3 is 11.9 Å². The average Bonchev–Trinajstić information content (AvgIpc) is 2.63. The molecule has 0 amide bonds. The Hall–Kier alpha value is -2.18.